The number of aliphatic carboxylic acids is 1. The van der Waals surface area contributed by atoms with E-state index in [1.54, 1.807) is 13.8 Å². The van der Waals surface area contributed by atoms with Gasteiger partial charge in [-0.2, -0.15) is 0 Å². The van der Waals surface area contributed by atoms with Crippen molar-refractivity contribution < 1.29 is 23.5 Å². The molecule has 6 nitrogen and oxygen atoms in total. The Morgan fingerprint density at radius 3 is 2.65 bits per heavy atom. The number of carboxylic acid groups (broad SMARTS) is 1. The highest BCUT2D eigenvalue weighted by Crippen LogP contribution is 2.38. The summed E-state index contributed by atoms with van der Waals surface area (Å²) in [5.41, 5.74) is 0.0655. The number of carbonyl (C=O) groups excluding carboxylic acids is 1. The number of halogens is 2. The van der Waals surface area contributed by atoms with E-state index in [1.807, 2.05) is 0 Å². The second-order valence-corrected chi connectivity index (χ2v) is 11.1. The molecule has 31 heavy (non-hydrogen) atoms. The lowest BCUT2D eigenvalue weighted by Crippen LogP contribution is -2.39. The summed E-state index contributed by atoms with van der Waals surface area (Å²) < 4.78 is 28.4. The van der Waals surface area contributed by atoms with Crippen LogP contribution in [0.15, 0.2) is 22.5 Å². The van der Waals surface area contributed by atoms with Gasteiger partial charge in [0.15, 0.2) is 5.13 Å². The van der Waals surface area contributed by atoms with E-state index >= 15 is 0 Å². The van der Waals surface area contributed by atoms with Gasteiger partial charge < -0.3 is 5.11 Å². The van der Waals surface area contributed by atoms with Crippen LogP contribution in [-0.2, 0) is 4.79 Å². The summed E-state index contributed by atoms with van der Waals surface area (Å²) in [6, 6.07) is 1.54. The van der Waals surface area contributed by atoms with E-state index in [1.165, 1.54) is 18.9 Å². The molecule has 1 fully saturated rings. The highest BCUT2D eigenvalue weighted by Gasteiger charge is 2.30. The van der Waals surface area contributed by atoms with Crippen molar-refractivity contribution in [2.75, 3.05) is 16.8 Å². The number of carboxylic acids is 1. The number of hydrogen-bond acceptors (Lipinski definition) is 5. The number of hydrogen-bond donors (Lipinski definition) is 2. The minimum absolute atomic E-state index is 0.106. The molecular weight excluding hydrogens is 443 g/mol. The fourth-order valence-electron chi connectivity index (χ4n) is 3.40. The SMILES string of the molecule is Bc1cc(F)c(N(CC2CCCC2)C(=O)Nc2ncc(SC(C)(C)C(=O)O)s2)cc1F. The van der Waals surface area contributed by atoms with Crippen LogP contribution in [0.3, 0.4) is 0 Å². The molecule has 0 saturated heterocycles. The van der Waals surface area contributed by atoms with Crippen LogP contribution in [-0.4, -0.2) is 41.2 Å². The maximum atomic E-state index is 14.7. The fourth-order valence-corrected chi connectivity index (χ4v) is 5.67. The number of carbonyl (C=O) groups is 2. The van der Waals surface area contributed by atoms with Crippen molar-refractivity contribution >= 4 is 59.2 Å². The number of aromatic nitrogens is 1. The molecule has 1 saturated carbocycles. The van der Waals surface area contributed by atoms with E-state index in [0.717, 1.165) is 60.9 Å². The molecule has 1 aliphatic carbocycles. The van der Waals surface area contributed by atoms with Crippen LogP contribution in [0.1, 0.15) is 39.5 Å². The summed E-state index contributed by atoms with van der Waals surface area (Å²) in [6.45, 7) is 3.44. The minimum atomic E-state index is -1.05. The second-order valence-electron chi connectivity index (χ2n) is 8.15. The first-order valence-electron chi connectivity index (χ1n) is 9.99. The van der Waals surface area contributed by atoms with E-state index in [4.69, 9.17) is 0 Å². The molecule has 0 aliphatic heterocycles. The van der Waals surface area contributed by atoms with Crippen LogP contribution < -0.4 is 15.7 Å². The van der Waals surface area contributed by atoms with Crippen molar-refractivity contribution in [1.29, 1.82) is 0 Å². The number of rotatable bonds is 7. The molecule has 1 heterocycles. The number of thioether (sulfide) groups is 1. The predicted octanol–water partition coefficient (Wildman–Crippen LogP) is 3.86. The van der Waals surface area contributed by atoms with E-state index in [9.17, 15) is 23.5 Å². The minimum Gasteiger partial charge on any atom is -0.480 e. The zero-order valence-electron chi connectivity index (χ0n) is 17.6. The van der Waals surface area contributed by atoms with Crippen molar-refractivity contribution in [2.24, 2.45) is 5.92 Å². The van der Waals surface area contributed by atoms with Gasteiger partial charge in [-0.05, 0) is 38.7 Å². The molecule has 166 valence electrons. The molecular formula is C20H24BF2N3O3S2. The highest BCUT2D eigenvalue weighted by atomic mass is 32.2. The molecule has 3 rings (SSSR count). The zero-order chi connectivity index (χ0) is 22.8. The van der Waals surface area contributed by atoms with Crippen LogP contribution in [0, 0.1) is 17.6 Å². The van der Waals surface area contributed by atoms with E-state index in [2.05, 4.69) is 10.3 Å². The third-order valence-corrected chi connectivity index (χ3v) is 7.45. The summed E-state index contributed by atoms with van der Waals surface area (Å²) in [5, 5.41) is 12.2. The second kappa shape index (κ2) is 9.56. The van der Waals surface area contributed by atoms with Gasteiger partial charge in [-0.1, -0.05) is 41.4 Å². The number of urea groups is 1. The summed E-state index contributed by atoms with van der Waals surface area (Å²) >= 11 is 2.25. The standard InChI is InChI=1S/C20H24BF2N3O3S2/c1-20(2,17(27)28)31-16-9-24-18(30-16)25-19(29)26(10-11-5-3-4-6-11)15-8-13(22)12(21)7-14(15)23/h7-9,11H,3-6,10,21H2,1-2H3,(H,27,28)(H,24,25,29). The van der Waals surface area contributed by atoms with Gasteiger partial charge in [0.05, 0.1) is 16.1 Å². The van der Waals surface area contributed by atoms with Crippen LogP contribution in [0.4, 0.5) is 24.4 Å². The number of nitrogens with one attached hydrogen (secondary N) is 1. The average Bonchev–Trinajstić information content (AvgIpc) is 3.34. The fraction of sp³-hybridized carbons (Fsp3) is 0.450. The zero-order valence-corrected chi connectivity index (χ0v) is 19.2. The monoisotopic (exact) mass is 467 g/mol. The van der Waals surface area contributed by atoms with Crippen LogP contribution in [0.2, 0.25) is 0 Å². The van der Waals surface area contributed by atoms with Gasteiger partial charge in [-0.15, -0.1) is 0 Å². The van der Waals surface area contributed by atoms with Gasteiger partial charge >= 0.3 is 12.0 Å². The van der Waals surface area contributed by atoms with Gasteiger partial charge in [0.1, 0.15) is 24.2 Å². The number of amides is 2. The predicted molar refractivity (Wildman–Crippen MR) is 123 cm³/mol. The van der Waals surface area contributed by atoms with E-state index < -0.39 is 28.4 Å². The molecule has 1 aromatic heterocycles. The van der Waals surface area contributed by atoms with Crippen molar-refractivity contribution in [3.63, 3.8) is 0 Å². The maximum absolute atomic E-state index is 14.7. The van der Waals surface area contributed by atoms with Gasteiger partial charge in [-0.3, -0.25) is 15.0 Å². The van der Waals surface area contributed by atoms with Gasteiger partial charge in [-0.25, -0.2) is 18.6 Å². The third-order valence-electron chi connectivity index (χ3n) is 5.25. The molecule has 1 aromatic carbocycles. The Kier molecular flexibility index (Phi) is 7.26. The Balaban J connectivity index is 1.81. The molecule has 0 spiro atoms. The summed E-state index contributed by atoms with van der Waals surface area (Å²) in [5.74, 6) is -1.99. The Morgan fingerprint density at radius 2 is 2.00 bits per heavy atom. The normalized spacial score (nSPS) is 14.6. The topological polar surface area (TPSA) is 82.5 Å². The molecule has 0 unspecified atom stereocenters. The number of benzene rings is 1. The Labute approximate surface area is 188 Å². The van der Waals surface area contributed by atoms with Gasteiger partial charge in [0.25, 0.3) is 0 Å². The number of nitrogens with zero attached hydrogens (tertiary/aromatic N) is 2. The largest absolute Gasteiger partial charge is 0.480 e. The molecule has 2 N–H and O–H groups in total. The van der Waals surface area contributed by atoms with Crippen LogP contribution in [0.5, 0.6) is 0 Å². The quantitative estimate of drug-likeness (QED) is 0.478. The van der Waals surface area contributed by atoms with Crippen molar-refractivity contribution in [3.8, 4) is 0 Å². The highest BCUT2D eigenvalue weighted by molar-refractivity contribution is 8.03. The average molecular weight is 467 g/mol. The Bertz CT molecular complexity index is 981. The Morgan fingerprint density at radius 1 is 1.32 bits per heavy atom. The number of thiazole rings is 1. The molecule has 1 aliphatic rings. The first-order valence-corrected chi connectivity index (χ1v) is 11.6. The Hall–Kier alpha value is -2.14. The first kappa shape index (κ1) is 23.5. The van der Waals surface area contributed by atoms with Crippen molar-refractivity contribution in [1.82, 2.24) is 4.98 Å². The maximum Gasteiger partial charge on any atom is 0.328 e. The molecule has 2 amide bonds. The van der Waals surface area contributed by atoms with E-state index in [0.29, 0.717) is 4.21 Å². The summed E-state index contributed by atoms with van der Waals surface area (Å²) in [6.07, 6.45) is 5.46. The lowest BCUT2D eigenvalue weighted by molar-refractivity contribution is -0.138. The summed E-state index contributed by atoms with van der Waals surface area (Å²) in [7, 11) is 1.47. The van der Waals surface area contributed by atoms with Crippen LogP contribution in [0.25, 0.3) is 0 Å². The molecule has 0 atom stereocenters. The summed E-state index contributed by atoms with van der Waals surface area (Å²) in [4.78, 5) is 29.7. The third kappa shape index (κ3) is 5.76. The van der Waals surface area contributed by atoms with Gasteiger partial charge in [0, 0.05) is 12.6 Å². The molecule has 0 radical (unpaired) electrons. The van der Waals surface area contributed by atoms with E-state index in [-0.39, 0.29) is 28.7 Å². The number of anilines is 2. The lowest BCUT2D eigenvalue weighted by Gasteiger charge is -2.26. The van der Waals surface area contributed by atoms with Crippen molar-refractivity contribution in [2.45, 2.75) is 48.5 Å². The van der Waals surface area contributed by atoms with Crippen molar-refractivity contribution in [3.05, 3.63) is 30.0 Å². The molecule has 11 heteroatoms. The lowest BCUT2D eigenvalue weighted by atomic mass is 9.95. The molecule has 2 aromatic rings. The van der Waals surface area contributed by atoms with Gasteiger partial charge in [0.2, 0.25) is 0 Å². The first-order chi connectivity index (χ1) is 14.6. The molecule has 0 bridgehead atoms. The smallest absolute Gasteiger partial charge is 0.328 e. The van der Waals surface area contributed by atoms with Crippen LogP contribution >= 0.6 is 23.1 Å².